The SMILES string of the molecule is COc1ccc(/C=C(\C#N)C(=O)c2cc(C)n(C3CCCC3)c2C)cc1. The van der Waals surface area contributed by atoms with Crippen molar-refractivity contribution in [2.24, 2.45) is 0 Å². The third-order valence-electron chi connectivity index (χ3n) is 5.21. The predicted molar refractivity (Wildman–Crippen MR) is 102 cm³/mol. The number of carbonyl (C=O) groups is 1. The lowest BCUT2D eigenvalue weighted by atomic mass is 10.0. The van der Waals surface area contributed by atoms with E-state index in [0.29, 0.717) is 11.6 Å². The average Bonchev–Trinajstić information content (AvgIpc) is 3.27. The van der Waals surface area contributed by atoms with Crippen LogP contribution in [0.1, 0.15) is 59.0 Å². The van der Waals surface area contributed by atoms with E-state index in [0.717, 1.165) is 35.5 Å². The molecule has 1 aromatic heterocycles. The summed E-state index contributed by atoms with van der Waals surface area (Å²) in [5, 5.41) is 9.53. The van der Waals surface area contributed by atoms with E-state index >= 15 is 0 Å². The molecule has 0 N–H and O–H groups in total. The van der Waals surface area contributed by atoms with Crippen LogP contribution in [-0.4, -0.2) is 17.5 Å². The molecule has 1 heterocycles. The van der Waals surface area contributed by atoms with Crippen LogP contribution in [-0.2, 0) is 0 Å². The minimum atomic E-state index is -0.208. The quantitative estimate of drug-likeness (QED) is 0.433. The van der Waals surface area contributed by atoms with Gasteiger partial charge in [0, 0.05) is 23.0 Å². The molecule has 0 bridgehead atoms. The van der Waals surface area contributed by atoms with Gasteiger partial charge in [0.15, 0.2) is 0 Å². The molecule has 0 radical (unpaired) electrons. The number of allylic oxidation sites excluding steroid dienone is 1. The molecule has 0 aliphatic heterocycles. The number of aryl methyl sites for hydroxylation is 1. The fourth-order valence-electron chi connectivity index (χ4n) is 3.89. The van der Waals surface area contributed by atoms with Gasteiger partial charge in [-0.1, -0.05) is 25.0 Å². The van der Waals surface area contributed by atoms with Crippen LogP contribution in [0.3, 0.4) is 0 Å². The van der Waals surface area contributed by atoms with Gasteiger partial charge in [0.05, 0.1) is 7.11 Å². The monoisotopic (exact) mass is 348 g/mol. The van der Waals surface area contributed by atoms with Crippen molar-refractivity contribution in [3.8, 4) is 11.8 Å². The Kier molecular flexibility index (Phi) is 5.27. The first-order valence-corrected chi connectivity index (χ1v) is 9.04. The standard InChI is InChI=1S/C22H24N2O2/c1-15-12-21(16(2)24(15)19-6-4-5-7-19)22(25)18(14-23)13-17-8-10-20(26-3)11-9-17/h8-13,19H,4-7H2,1-3H3/b18-13+. The minimum Gasteiger partial charge on any atom is -0.497 e. The topological polar surface area (TPSA) is 55.0 Å². The maximum Gasteiger partial charge on any atom is 0.205 e. The Morgan fingerprint density at radius 1 is 1.23 bits per heavy atom. The molecule has 0 unspecified atom stereocenters. The Morgan fingerprint density at radius 2 is 1.88 bits per heavy atom. The van der Waals surface area contributed by atoms with Gasteiger partial charge in [-0.2, -0.15) is 5.26 Å². The molecule has 0 atom stereocenters. The maximum atomic E-state index is 13.0. The van der Waals surface area contributed by atoms with E-state index in [9.17, 15) is 10.1 Å². The molecule has 2 aromatic rings. The number of benzene rings is 1. The van der Waals surface area contributed by atoms with Crippen LogP contribution >= 0.6 is 0 Å². The second-order valence-electron chi connectivity index (χ2n) is 6.87. The van der Waals surface area contributed by atoms with Crippen LogP contribution in [0.4, 0.5) is 0 Å². The second kappa shape index (κ2) is 7.61. The van der Waals surface area contributed by atoms with Crippen molar-refractivity contribution in [3.63, 3.8) is 0 Å². The lowest BCUT2D eigenvalue weighted by Gasteiger charge is -2.17. The Bertz CT molecular complexity index is 876. The number of methoxy groups -OCH3 is 1. The zero-order valence-electron chi connectivity index (χ0n) is 15.6. The molecule has 0 spiro atoms. The summed E-state index contributed by atoms with van der Waals surface area (Å²) in [5.41, 5.74) is 3.66. The Morgan fingerprint density at radius 3 is 2.46 bits per heavy atom. The summed E-state index contributed by atoms with van der Waals surface area (Å²) >= 11 is 0. The predicted octanol–water partition coefficient (Wildman–Crippen LogP) is 5.02. The summed E-state index contributed by atoms with van der Waals surface area (Å²) in [5.74, 6) is 0.535. The van der Waals surface area contributed by atoms with Crippen molar-refractivity contribution in [1.82, 2.24) is 4.57 Å². The Balaban J connectivity index is 1.92. The molecular formula is C22H24N2O2. The molecule has 1 fully saturated rings. The number of Topliss-reactive ketones (excluding diaryl/α,β-unsaturated/α-hetero) is 1. The number of ketones is 1. The maximum absolute atomic E-state index is 13.0. The molecule has 4 heteroatoms. The highest BCUT2D eigenvalue weighted by Gasteiger charge is 2.24. The smallest absolute Gasteiger partial charge is 0.205 e. The van der Waals surface area contributed by atoms with E-state index in [1.165, 1.54) is 12.8 Å². The van der Waals surface area contributed by atoms with Gasteiger partial charge in [-0.25, -0.2) is 0 Å². The van der Waals surface area contributed by atoms with Crippen molar-refractivity contribution in [2.45, 2.75) is 45.6 Å². The molecule has 0 amide bonds. The summed E-state index contributed by atoms with van der Waals surface area (Å²) in [4.78, 5) is 13.0. The van der Waals surface area contributed by atoms with Gasteiger partial charge in [0.1, 0.15) is 17.4 Å². The molecular weight excluding hydrogens is 324 g/mol. The van der Waals surface area contributed by atoms with Crippen LogP contribution in [0.2, 0.25) is 0 Å². The third kappa shape index (κ3) is 3.43. The molecule has 134 valence electrons. The van der Waals surface area contributed by atoms with Crippen molar-refractivity contribution in [3.05, 3.63) is 58.4 Å². The highest BCUT2D eigenvalue weighted by molar-refractivity contribution is 6.14. The van der Waals surface area contributed by atoms with Crippen LogP contribution in [0.5, 0.6) is 5.75 Å². The van der Waals surface area contributed by atoms with Crippen molar-refractivity contribution >= 4 is 11.9 Å². The molecule has 0 saturated heterocycles. The van der Waals surface area contributed by atoms with E-state index in [1.54, 1.807) is 13.2 Å². The van der Waals surface area contributed by atoms with Crippen LogP contribution in [0, 0.1) is 25.2 Å². The minimum absolute atomic E-state index is 0.154. The van der Waals surface area contributed by atoms with E-state index in [4.69, 9.17) is 4.74 Å². The Hall–Kier alpha value is -2.80. The third-order valence-corrected chi connectivity index (χ3v) is 5.21. The first-order chi connectivity index (χ1) is 12.5. The van der Waals surface area contributed by atoms with Crippen molar-refractivity contribution < 1.29 is 9.53 Å². The molecule has 1 aliphatic carbocycles. The Labute approximate surface area is 154 Å². The summed E-state index contributed by atoms with van der Waals surface area (Å²) in [6.45, 7) is 4.03. The van der Waals surface area contributed by atoms with E-state index < -0.39 is 0 Å². The fraction of sp³-hybridized carbons (Fsp3) is 0.364. The van der Waals surface area contributed by atoms with Crippen molar-refractivity contribution in [2.75, 3.05) is 7.11 Å². The summed E-state index contributed by atoms with van der Waals surface area (Å²) < 4.78 is 7.42. The lowest BCUT2D eigenvalue weighted by Crippen LogP contribution is -2.10. The molecule has 3 rings (SSSR count). The highest BCUT2D eigenvalue weighted by Crippen LogP contribution is 2.34. The molecule has 26 heavy (non-hydrogen) atoms. The van der Waals surface area contributed by atoms with Gasteiger partial charge < -0.3 is 9.30 Å². The zero-order valence-corrected chi connectivity index (χ0v) is 15.6. The molecule has 1 aliphatic rings. The number of ether oxygens (including phenoxy) is 1. The van der Waals surface area contributed by atoms with Gasteiger partial charge in [0.25, 0.3) is 0 Å². The normalized spacial score (nSPS) is 15.1. The van der Waals surface area contributed by atoms with Crippen LogP contribution < -0.4 is 4.74 Å². The number of hydrogen-bond donors (Lipinski definition) is 0. The van der Waals surface area contributed by atoms with E-state index in [-0.39, 0.29) is 11.4 Å². The van der Waals surface area contributed by atoms with E-state index in [1.807, 2.05) is 44.2 Å². The highest BCUT2D eigenvalue weighted by atomic mass is 16.5. The van der Waals surface area contributed by atoms with Crippen molar-refractivity contribution in [1.29, 1.82) is 5.26 Å². The first kappa shape index (κ1) is 18.0. The number of carbonyl (C=O) groups excluding carboxylic acids is 1. The number of hydrogen-bond acceptors (Lipinski definition) is 3. The number of rotatable bonds is 5. The van der Waals surface area contributed by atoms with Gasteiger partial charge in [-0.3, -0.25) is 4.79 Å². The van der Waals surface area contributed by atoms with Gasteiger partial charge >= 0.3 is 0 Å². The zero-order chi connectivity index (χ0) is 18.7. The lowest BCUT2D eigenvalue weighted by molar-refractivity contribution is 0.103. The largest absolute Gasteiger partial charge is 0.497 e. The average molecular weight is 348 g/mol. The van der Waals surface area contributed by atoms with Gasteiger partial charge in [-0.15, -0.1) is 0 Å². The summed E-state index contributed by atoms with van der Waals surface area (Å²) in [6.07, 6.45) is 6.45. The summed E-state index contributed by atoms with van der Waals surface area (Å²) in [7, 11) is 1.61. The number of nitriles is 1. The second-order valence-corrected chi connectivity index (χ2v) is 6.87. The fourth-order valence-corrected chi connectivity index (χ4v) is 3.89. The first-order valence-electron chi connectivity index (χ1n) is 9.04. The summed E-state index contributed by atoms with van der Waals surface area (Å²) in [6, 6.07) is 11.8. The van der Waals surface area contributed by atoms with Gasteiger partial charge in [0.2, 0.25) is 5.78 Å². The molecule has 1 saturated carbocycles. The molecule has 4 nitrogen and oxygen atoms in total. The van der Waals surface area contributed by atoms with E-state index in [2.05, 4.69) is 10.6 Å². The number of nitrogens with zero attached hydrogens (tertiary/aromatic N) is 2. The van der Waals surface area contributed by atoms with Gasteiger partial charge in [-0.05, 0) is 56.5 Å². The molecule has 1 aromatic carbocycles. The number of aromatic nitrogens is 1. The van der Waals surface area contributed by atoms with Crippen LogP contribution in [0.25, 0.3) is 6.08 Å². The van der Waals surface area contributed by atoms with Crippen LogP contribution in [0.15, 0.2) is 35.9 Å².